The van der Waals surface area contributed by atoms with E-state index in [1.807, 2.05) is 23.5 Å². The topological polar surface area (TPSA) is 29.5 Å². The Morgan fingerprint density at radius 2 is 1.04 bits per heavy atom. The summed E-state index contributed by atoms with van der Waals surface area (Å²) in [6.45, 7) is 0. The second-order valence-electron chi connectivity index (χ2n) is 12.9. The molecule has 234 valence electrons. The average Bonchev–Trinajstić information content (AvgIpc) is 3.87. The van der Waals surface area contributed by atoms with Crippen LogP contribution < -0.4 is 4.90 Å². The van der Waals surface area contributed by atoms with E-state index in [2.05, 4.69) is 157 Å². The number of thiophene rings is 1. The van der Waals surface area contributed by atoms with Gasteiger partial charge in [-0.2, -0.15) is 0 Å². The normalized spacial score (nSPS) is 12.0. The van der Waals surface area contributed by atoms with E-state index in [-0.39, 0.29) is 0 Å². The van der Waals surface area contributed by atoms with Crippen molar-refractivity contribution in [3.8, 4) is 11.1 Å². The van der Waals surface area contributed by atoms with Crippen LogP contribution in [0.2, 0.25) is 0 Å². The summed E-state index contributed by atoms with van der Waals surface area (Å²) in [5.74, 6) is 0. The molecule has 0 unspecified atom stereocenters. The van der Waals surface area contributed by atoms with Crippen LogP contribution in [-0.2, 0) is 0 Å². The van der Waals surface area contributed by atoms with Crippen LogP contribution in [0.25, 0.3) is 85.9 Å². The highest BCUT2D eigenvalue weighted by Crippen LogP contribution is 2.48. The lowest BCUT2D eigenvalue weighted by molar-refractivity contribution is 0.669. The molecule has 0 aliphatic rings. The molecule has 4 heteroatoms. The molecule has 0 N–H and O–H groups in total. The molecule has 0 saturated heterocycles. The maximum Gasteiger partial charge on any atom is 0.143 e. The van der Waals surface area contributed by atoms with E-state index < -0.39 is 0 Å². The number of rotatable bonds is 4. The second-order valence-corrected chi connectivity index (χ2v) is 13.9. The first kappa shape index (κ1) is 27.6. The SMILES string of the molecule is c1ccc2c(c1)ccc1c2oc2cccc(N(c3ccc(-c4ccc5sc6ccccc6c5c4)cc3)c3cccc4oc5ccccc5c34)c21. The van der Waals surface area contributed by atoms with E-state index in [4.69, 9.17) is 8.83 Å². The quantitative estimate of drug-likeness (QED) is 0.189. The second kappa shape index (κ2) is 10.6. The molecule has 11 rings (SSSR count). The first-order valence-corrected chi connectivity index (χ1v) is 17.7. The number of fused-ring (bicyclic) bond motifs is 11. The summed E-state index contributed by atoms with van der Waals surface area (Å²) in [7, 11) is 0. The third kappa shape index (κ3) is 4.03. The first-order chi connectivity index (χ1) is 24.8. The molecule has 0 aliphatic heterocycles. The van der Waals surface area contributed by atoms with Gasteiger partial charge in [0.15, 0.2) is 0 Å². The average molecular weight is 658 g/mol. The Labute approximate surface area is 290 Å². The van der Waals surface area contributed by atoms with Crippen molar-refractivity contribution in [2.24, 2.45) is 0 Å². The van der Waals surface area contributed by atoms with Crippen molar-refractivity contribution in [2.45, 2.75) is 0 Å². The number of anilines is 3. The smallest absolute Gasteiger partial charge is 0.143 e. The molecule has 0 fully saturated rings. The fraction of sp³-hybridized carbons (Fsp3) is 0. The highest BCUT2D eigenvalue weighted by molar-refractivity contribution is 7.25. The Morgan fingerprint density at radius 3 is 1.88 bits per heavy atom. The van der Waals surface area contributed by atoms with Gasteiger partial charge in [0, 0.05) is 42.0 Å². The van der Waals surface area contributed by atoms with Crippen LogP contribution in [0.3, 0.4) is 0 Å². The van der Waals surface area contributed by atoms with Crippen LogP contribution in [0, 0.1) is 0 Å². The molecule has 0 amide bonds. The van der Waals surface area contributed by atoms with Gasteiger partial charge in [-0.25, -0.2) is 0 Å². The summed E-state index contributed by atoms with van der Waals surface area (Å²) >= 11 is 1.85. The fourth-order valence-electron chi connectivity index (χ4n) is 7.78. The lowest BCUT2D eigenvalue weighted by atomic mass is 10.0. The van der Waals surface area contributed by atoms with Crippen LogP contribution in [-0.4, -0.2) is 0 Å². The van der Waals surface area contributed by atoms with Gasteiger partial charge in [-0.05, 0) is 83.2 Å². The van der Waals surface area contributed by atoms with Crippen molar-refractivity contribution < 1.29 is 8.83 Å². The van der Waals surface area contributed by atoms with Crippen molar-refractivity contribution in [1.82, 2.24) is 0 Å². The predicted molar refractivity (Wildman–Crippen MR) is 212 cm³/mol. The Kier molecular flexibility index (Phi) is 5.83. The number of para-hydroxylation sites is 1. The molecule has 0 radical (unpaired) electrons. The number of hydrogen-bond acceptors (Lipinski definition) is 4. The molecule has 0 aliphatic carbocycles. The minimum Gasteiger partial charge on any atom is -0.456 e. The van der Waals surface area contributed by atoms with Gasteiger partial charge in [0.05, 0.1) is 22.1 Å². The Balaban J connectivity index is 1.15. The molecule has 0 atom stereocenters. The van der Waals surface area contributed by atoms with Crippen molar-refractivity contribution in [3.05, 3.63) is 164 Å². The summed E-state index contributed by atoms with van der Waals surface area (Å²) in [5.41, 5.74) is 9.03. The van der Waals surface area contributed by atoms with Gasteiger partial charge >= 0.3 is 0 Å². The van der Waals surface area contributed by atoms with Crippen LogP contribution in [0.1, 0.15) is 0 Å². The summed E-state index contributed by atoms with van der Waals surface area (Å²) in [6, 6.07) is 58.3. The summed E-state index contributed by atoms with van der Waals surface area (Å²) in [5, 5.41) is 9.23. The standard InChI is InChI=1S/C46H27NO2S/c1-2-10-32-29(9-1)21-25-35-45-38(14-8-17-41(45)49-46(32)35)47(37-13-7-16-40-44(37)34-12-3-5-15-39(34)48-40)31-23-19-28(20-24-31)30-22-26-43-36(27-30)33-11-4-6-18-42(33)50-43/h1-27H. The van der Waals surface area contributed by atoms with Crippen molar-refractivity contribution in [2.75, 3.05) is 4.90 Å². The third-order valence-electron chi connectivity index (χ3n) is 10.1. The molecule has 3 nitrogen and oxygen atoms in total. The summed E-state index contributed by atoms with van der Waals surface area (Å²) in [4.78, 5) is 2.37. The van der Waals surface area contributed by atoms with Crippen molar-refractivity contribution >= 4 is 103 Å². The van der Waals surface area contributed by atoms with Crippen molar-refractivity contribution in [1.29, 1.82) is 0 Å². The molecule has 3 heterocycles. The molecule has 11 aromatic rings. The molecule has 50 heavy (non-hydrogen) atoms. The molecular formula is C46H27NO2S. The van der Waals surface area contributed by atoms with Gasteiger partial charge in [0.1, 0.15) is 22.3 Å². The largest absolute Gasteiger partial charge is 0.456 e. The first-order valence-electron chi connectivity index (χ1n) is 16.8. The molecule has 0 spiro atoms. The molecule has 3 aromatic heterocycles. The van der Waals surface area contributed by atoms with E-state index in [0.29, 0.717) is 0 Å². The fourth-order valence-corrected chi connectivity index (χ4v) is 8.87. The predicted octanol–water partition coefficient (Wildman–Crippen LogP) is 14.1. The molecule has 8 aromatic carbocycles. The minimum atomic E-state index is 0.857. The van der Waals surface area contributed by atoms with Gasteiger partial charge in [-0.15, -0.1) is 11.3 Å². The van der Waals surface area contributed by atoms with Gasteiger partial charge < -0.3 is 13.7 Å². The lowest BCUT2D eigenvalue weighted by Gasteiger charge is -2.27. The van der Waals surface area contributed by atoms with E-state index in [9.17, 15) is 0 Å². The Bertz CT molecular complexity index is 3110. The minimum absolute atomic E-state index is 0.857. The number of nitrogens with zero attached hydrogens (tertiary/aromatic N) is 1. The highest BCUT2D eigenvalue weighted by atomic mass is 32.1. The van der Waals surface area contributed by atoms with Gasteiger partial charge in [-0.1, -0.05) is 97.1 Å². The zero-order chi connectivity index (χ0) is 32.8. The monoisotopic (exact) mass is 657 g/mol. The van der Waals surface area contributed by atoms with Crippen molar-refractivity contribution in [3.63, 3.8) is 0 Å². The van der Waals surface area contributed by atoms with Crippen LogP contribution >= 0.6 is 11.3 Å². The third-order valence-corrected chi connectivity index (χ3v) is 11.2. The molecule has 0 bridgehead atoms. The Morgan fingerprint density at radius 1 is 0.400 bits per heavy atom. The molecule has 0 saturated carbocycles. The Hall–Kier alpha value is -6.36. The van der Waals surface area contributed by atoms with Crippen LogP contribution in [0.5, 0.6) is 0 Å². The number of furan rings is 2. The number of benzene rings is 8. The van der Waals surface area contributed by atoms with Crippen LogP contribution in [0.15, 0.2) is 173 Å². The van der Waals surface area contributed by atoms with Crippen LogP contribution in [0.4, 0.5) is 17.1 Å². The van der Waals surface area contributed by atoms with Gasteiger partial charge in [0.25, 0.3) is 0 Å². The summed E-state index contributed by atoms with van der Waals surface area (Å²) < 4.78 is 15.7. The van der Waals surface area contributed by atoms with E-state index >= 15 is 0 Å². The zero-order valence-corrected chi connectivity index (χ0v) is 27.6. The maximum absolute atomic E-state index is 6.66. The maximum atomic E-state index is 6.66. The van der Waals surface area contributed by atoms with Gasteiger partial charge in [0.2, 0.25) is 0 Å². The van der Waals surface area contributed by atoms with Gasteiger partial charge in [-0.3, -0.25) is 0 Å². The summed E-state index contributed by atoms with van der Waals surface area (Å²) in [6.07, 6.45) is 0. The molecular weight excluding hydrogens is 631 g/mol. The van der Waals surface area contributed by atoms with E-state index in [1.165, 1.54) is 31.3 Å². The lowest BCUT2D eigenvalue weighted by Crippen LogP contribution is -2.10. The van der Waals surface area contributed by atoms with E-state index in [1.54, 1.807) is 0 Å². The number of hydrogen-bond donors (Lipinski definition) is 0. The zero-order valence-electron chi connectivity index (χ0n) is 26.8. The highest BCUT2D eigenvalue weighted by Gasteiger charge is 2.23. The van der Waals surface area contributed by atoms with E-state index in [0.717, 1.165) is 71.7 Å².